The first-order valence-corrected chi connectivity index (χ1v) is 9.44. The van der Waals surface area contributed by atoms with E-state index in [0.29, 0.717) is 12.1 Å². The van der Waals surface area contributed by atoms with Crippen molar-refractivity contribution in [2.75, 3.05) is 0 Å². The van der Waals surface area contributed by atoms with Gasteiger partial charge in [-0.2, -0.15) is 83.1 Å². The van der Waals surface area contributed by atoms with Crippen LogP contribution in [0.15, 0.2) is 47.1 Å². The fourth-order valence-corrected chi connectivity index (χ4v) is 2.85. The van der Waals surface area contributed by atoms with Gasteiger partial charge in [0.2, 0.25) is 5.83 Å². The summed E-state index contributed by atoms with van der Waals surface area (Å²) in [6.45, 7) is 0. The van der Waals surface area contributed by atoms with Crippen LogP contribution < -0.4 is 0 Å². The van der Waals surface area contributed by atoms with Gasteiger partial charge in [-0.1, -0.05) is 18.2 Å². The molecule has 1 aromatic rings. The van der Waals surface area contributed by atoms with Gasteiger partial charge < -0.3 is 4.18 Å². The standard InChI is InChI=1S/C15H5F17O3S/c16-7(8(17)35-36(33,34)6-4-2-1-3-5-6)9(18,19)10(20,21)11(22,23)12(24,25)13(26,27)14(28,29)15(30,31)32/h1-5H. The van der Waals surface area contributed by atoms with E-state index in [4.69, 9.17) is 0 Å². The molecule has 1 aromatic carbocycles. The Kier molecular flexibility index (Phi) is 7.73. The van der Waals surface area contributed by atoms with Gasteiger partial charge in [-0.25, -0.2) is 0 Å². The van der Waals surface area contributed by atoms with Crippen molar-refractivity contribution < 1.29 is 87.2 Å². The highest BCUT2D eigenvalue weighted by atomic mass is 32.2. The summed E-state index contributed by atoms with van der Waals surface area (Å²) in [6.07, 6.45) is -7.84. The molecule has 0 spiro atoms. The lowest BCUT2D eigenvalue weighted by atomic mass is 9.91. The second kappa shape index (κ2) is 8.82. The van der Waals surface area contributed by atoms with E-state index >= 15 is 0 Å². The van der Waals surface area contributed by atoms with Crippen molar-refractivity contribution in [3.8, 4) is 0 Å². The van der Waals surface area contributed by atoms with Crippen LogP contribution in [0.4, 0.5) is 74.6 Å². The maximum absolute atomic E-state index is 13.6. The summed E-state index contributed by atoms with van der Waals surface area (Å²) in [4.78, 5) is -1.23. The molecular formula is C15H5F17O3S. The minimum atomic E-state index is -8.74. The molecule has 21 heteroatoms. The molecule has 0 aliphatic rings. The van der Waals surface area contributed by atoms with Crippen LogP contribution in [0, 0.1) is 0 Å². The maximum atomic E-state index is 13.6. The van der Waals surface area contributed by atoms with Gasteiger partial charge in [0.15, 0.2) is 0 Å². The van der Waals surface area contributed by atoms with Gasteiger partial charge >= 0.3 is 57.8 Å². The van der Waals surface area contributed by atoms with Crippen LogP contribution in [-0.4, -0.2) is 50.1 Å². The van der Waals surface area contributed by atoms with E-state index in [1.807, 2.05) is 0 Å². The van der Waals surface area contributed by atoms with Gasteiger partial charge in [-0.15, -0.1) is 0 Å². The topological polar surface area (TPSA) is 43.4 Å². The van der Waals surface area contributed by atoms with Crippen LogP contribution in [-0.2, 0) is 14.3 Å². The third kappa shape index (κ3) is 4.53. The second-order valence-corrected chi connectivity index (χ2v) is 7.93. The van der Waals surface area contributed by atoms with Gasteiger partial charge in [0.25, 0.3) is 0 Å². The molecule has 36 heavy (non-hydrogen) atoms. The van der Waals surface area contributed by atoms with Crippen molar-refractivity contribution in [3.63, 3.8) is 0 Å². The van der Waals surface area contributed by atoms with Gasteiger partial charge in [0, 0.05) is 0 Å². The molecule has 0 heterocycles. The van der Waals surface area contributed by atoms with E-state index in [9.17, 15) is 83.1 Å². The van der Waals surface area contributed by atoms with E-state index in [1.165, 1.54) is 0 Å². The number of alkyl halides is 15. The van der Waals surface area contributed by atoms with E-state index in [2.05, 4.69) is 4.18 Å². The summed E-state index contributed by atoms with van der Waals surface area (Å²) in [7, 11) is -5.76. The highest BCUT2D eigenvalue weighted by Crippen LogP contribution is 2.63. The monoisotopic (exact) mass is 588 g/mol. The fraction of sp³-hybridized carbons (Fsp3) is 0.467. The summed E-state index contributed by atoms with van der Waals surface area (Å²) in [5.41, 5.74) is 0. The van der Waals surface area contributed by atoms with Crippen LogP contribution in [0.3, 0.4) is 0 Å². The molecule has 0 atom stereocenters. The van der Waals surface area contributed by atoms with Gasteiger partial charge in [0.1, 0.15) is 4.90 Å². The quantitative estimate of drug-likeness (QED) is 0.180. The van der Waals surface area contributed by atoms with Crippen molar-refractivity contribution in [1.82, 2.24) is 0 Å². The smallest absolute Gasteiger partial charge is 0.346 e. The Morgan fingerprint density at radius 1 is 0.583 bits per heavy atom. The molecule has 1 rings (SSSR count). The first-order valence-electron chi connectivity index (χ1n) is 8.03. The molecule has 0 bridgehead atoms. The summed E-state index contributed by atoms with van der Waals surface area (Å²) < 4.78 is 249. The lowest BCUT2D eigenvalue weighted by Crippen LogP contribution is -2.72. The third-order valence-corrected chi connectivity index (χ3v) is 5.21. The minimum Gasteiger partial charge on any atom is -0.346 e. The Morgan fingerprint density at radius 3 is 1.33 bits per heavy atom. The number of halogens is 17. The zero-order valence-electron chi connectivity index (χ0n) is 15.9. The average molecular weight is 588 g/mol. The molecule has 0 aliphatic carbocycles. The summed E-state index contributed by atoms with van der Waals surface area (Å²) >= 11 is 0. The third-order valence-electron chi connectivity index (χ3n) is 3.99. The van der Waals surface area contributed by atoms with Crippen molar-refractivity contribution >= 4 is 10.1 Å². The minimum absolute atomic E-state index is 0.477. The predicted molar refractivity (Wildman–Crippen MR) is 79.7 cm³/mol. The second-order valence-electron chi connectivity index (χ2n) is 6.38. The molecular weight excluding hydrogens is 583 g/mol. The van der Waals surface area contributed by atoms with Crippen LogP contribution in [0.1, 0.15) is 0 Å². The van der Waals surface area contributed by atoms with E-state index in [-0.39, 0.29) is 0 Å². The summed E-state index contributed by atoms with van der Waals surface area (Å²) in [5.74, 6) is -55.3. The van der Waals surface area contributed by atoms with Crippen molar-refractivity contribution in [1.29, 1.82) is 0 Å². The lowest BCUT2D eigenvalue weighted by Gasteiger charge is -2.41. The molecule has 0 aromatic heterocycles. The zero-order valence-corrected chi connectivity index (χ0v) is 16.8. The first-order chi connectivity index (χ1) is 15.6. The maximum Gasteiger partial charge on any atom is 0.460 e. The lowest BCUT2D eigenvalue weighted by molar-refractivity contribution is -0.451. The Morgan fingerprint density at radius 2 is 0.944 bits per heavy atom. The fourth-order valence-electron chi connectivity index (χ4n) is 2.00. The highest BCUT2D eigenvalue weighted by Gasteiger charge is 2.93. The van der Waals surface area contributed by atoms with Gasteiger partial charge in [0.05, 0.1) is 0 Å². The molecule has 0 amide bonds. The number of hydrogen-bond acceptors (Lipinski definition) is 3. The van der Waals surface area contributed by atoms with Crippen LogP contribution >= 0.6 is 0 Å². The molecule has 0 fully saturated rings. The summed E-state index contributed by atoms with van der Waals surface area (Å²) in [6, 6.07) is -0.362. The molecule has 0 unspecified atom stereocenters. The Hall–Kier alpha value is -2.48. The number of hydrogen-bond donors (Lipinski definition) is 0. The molecule has 0 saturated heterocycles. The predicted octanol–water partition coefficient (Wildman–Crippen LogP) is 6.87. The van der Waals surface area contributed by atoms with Crippen LogP contribution in [0.2, 0.25) is 0 Å². The number of allylic oxidation sites excluding steroid dienone is 1. The number of benzene rings is 1. The largest absolute Gasteiger partial charge is 0.460 e. The SMILES string of the molecule is O=S(=O)(OC(F)=C(F)C(F)(F)C(F)(F)C(F)(F)C(F)(F)C(F)(F)C(F)(F)C(F)(F)F)c1ccccc1. The van der Waals surface area contributed by atoms with E-state index < -0.39 is 68.6 Å². The Balaban J connectivity index is 3.62. The molecule has 208 valence electrons. The van der Waals surface area contributed by atoms with Gasteiger partial charge in [-0.3, -0.25) is 0 Å². The van der Waals surface area contributed by atoms with Gasteiger partial charge in [-0.05, 0) is 12.1 Å². The molecule has 0 aliphatic heterocycles. The first kappa shape index (κ1) is 31.5. The van der Waals surface area contributed by atoms with Crippen molar-refractivity contribution in [2.45, 2.75) is 46.6 Å². The molecule has 3 nitrogen and oxygen atoms in total. The summed E-state index contributed by atoms with van der Waals surface area (Å²) in [5, 5.41) is 0. The van der Waals surface area contributed by atoms with E-state index in [1.54, 1.807) is 0 Å². The van der Waals surface area contributed by atoms with Crippen LogP contribution in [0.25, 0.3) is 0 Å². The van der Waals surface area contributed by atoms with Crippen molar-refractivity contribution in [2.24, 2.45) is 0 Å². The Labute approximate surface area is 187 Å². The zero-order chi connectivity index (χ0) is 29.0. The average Bonchev–Trinajstić information content (AvgIpc) is 2.71. The number of rotatable bonds is 9. The highest BCUT2D eigenvalue weighted by molar-refractivity contribution is 7.86. The molecule has 0 radical (unpaired) electrons. The Bertz CT molecular complexity index is 1090. The van der Waals surface area contributed by atoms with Crippen molar-refractivity contribution in [3.05, 3.63) is 42.2 Å². The van der Waals surface area contributed by atoms with Crippen LogP contribution in [0.5, 0.6) is 0 Å². The molecule has 0 saturated carbocycles. The van der Waals surface area contributed by atoms with E-state index in [0.717, 1.165) is 18.2 Å². The normalized spacial score (nSPS) is 16.0. The molecule has 0 N–H and O–H groups in total.